The maximum Gasteiger partial charge on any atom is 0.182 e. The first-order chi connectivity index (χ1) is 7.15. The number of aryl methyl sites for hydroxylation is 2. The van der Waals surface area contributed by atoms with Crippen molar-refractivity contribution in [1.29, 1.82) is 5.26 Å². The standard InChI is InChI=1S/C12H16N2O/c1-10-8-12(15)9-11(2)14(10)7-5-3-4-6-13/h8-9H,3-5,7H2,1-2H3. The maximum atomic E-state index is 11.2. The van der Waals surface area contributed by atoms with Gasteiger partial charge in [-0.25, -0.2) is 0 Å². The second-order valence-electron chi connectivity index (χ2n) is 3.74. The molecule has 0 N–H and O–H groups in total. The number of nitriles is 1. The second-order valence-corrected chi connectivity index (χ2v) is 3.74. The molecule has 15 heavy (non-hydrogen) atoms. The molecule has 0 fully saturated rings. The number of aromatic nitrogens is 1. The van der Waals surface area contributed by atoms with Gasteiger partial charge in [0.25, 0.3) is 0 Å². The lowest BCUT2D eigenvalue weighted by atomic mass is 10.2. The molecule has 3 nitrogen and oxygen atoms in total. The highest BCUT2D eigenvalue weighted by Gasteiger charge is 2.00. The van der Waals surface area contributed by atoms with Gasteiger partial charge in [0.1, 0.15) is 0 Å². The molecule has 0 saturated carbocycles. The van der Waals surface area contributed by atoms with Crippen LogP contribution in [0.1, 0.15) is 30.7 Å². The van der Waals surface area contributed by atoms with E-state index in [0.29, 0.717) is 6.42 Å². The molecule has 1 aromatic heterocycles. The number of hydrogen-bond acceptors (Lipinski definition) is 2. The van der Waals surface area contributed by atoms with Gasteiger partial charge in [-0.2, -0.15) is 5.26 Å². The average molecular weight is 204 g/mol. The van der Waals surface area contributed by atoms with Gasteiger partial charge in [-0.05, 0) is 26.7 Å². The van der Waals surface area contributed by atoms with Crippen molar-refractivity contribution in [2.75, 3.05) is 0 Å². The molecule has 80 valence electrons. The monoisotopic (exact) mass is 204 g/mol. The molecule has 0 spiro atoms. The normalized spacial score (nSPS) is 9.93. The van der Waals surface area contributed by atoms with Crippen molar-refractivity contribution in [3.8, 4) is 6.07 Å². The first-order valence-corrected chi connectivity index (χ1v) is 5.20. The first kappa shape index (κ1) is 11.5. The second kappa shape index (κ2) is 5.35. The summed E-state index contributed by atoms with van der Waals surface area (Å²) in [4.78, 5) is 11.2. The Morgan fingerprint density at radius 1 is 1.27 bits per heavy atom. The van der Waals surface area contributed by atoms with Crippen molar-refractivity contribution >= 4 is 0 Å². The van der Waals surface area contributed by atoms with E-state index in [0.717, 1.165) is 30.8 Å². The number of pyridine rings is 1. The molecule has 0 radical (unpaired) electrons. The highest BCUT2D eigenvalue weighted by molar-refractivity contribution is 5.12. The van der Waals surface area contributed by atoms with Gasteiger partial charge in [-0.3, -0.25) is 4.79 Å². The van der Waals surface area contributed by atoms with Crippen LogP contribution < -0.4 is 5.43 Å². The molecule has 0 aliphatic carbocycles. The Balaban J connectivity index is 2.69. The topological polar surface area (TPSA) is 45.8 Å². The van der Waals surface area contributed by atoms with E-state index in [1.165, 1.54) is 0 Å². The quantitative estimate of drug-likeness (QED) is 0.705. The molecular weight excluding hydrogens is 188 g/mol. The third kappa shape index (κ3) is 3.25. The minimum absolute atomic E-state index is 0.0678. The Morgan fingerprint density at radius 2 is 1.87 bits per heavy atom. The van der Waals surface area contributed by atoms with Gasteiger partial charge in [0.05, 0.1) is 6.07 Å². The van der Waals surface area contributed by atoms with Crippen molar-refractivity contribution in [1.82, 2.24) is 4.57 Å². The van der Waals surface area contributed by atoms with Crippen LogP contribution in [-0.4, -0.2) is 4.57 Å². The third-order valence-corrected chi connectivity index (χ3v) is 2.47. The van der Waals surface area contributed by atoms with E-state index in [1.54, 1.807) is 12.1 Å². The van der Waals surface area contributed by atoms with Crippen molar-refractivity contribution in [2.24, 2.45) is 0 Å². The van der Waals surface area contributed by atoms with E-state index in [4.69, 9.17) is 5.26 Å². The van der Waals surface area contributed by atoms with Crippen molar-refractivity contribution in [2.45, 2.75) is 39.7 Å². The van der Waals surface area contributed by atoms with Crippen LogP contribution in [0.5, 0.6) is 0 Å². The summed E-state index contributed by atoms with van der Waals surface area (Å²) in [7, 11) is 0. The molecule has 3 heteroatoms. The molecule has 0 amide bonds. The fourth-order valence-corrected chi connectivity index (χ4v) is 1.71. The summed E-state index contributed by atoms with van der Waals surface area (Å²) in [6, 6.07) is 5.43. The van der Waals surface area contributed by atoms with Crippen LogP contribution in [0, 0.1) is 25.2 Å². The van der Waals surface area contributed by atoms with E-state index in [-0.39, 0.29) is 5.43 Å². The zero-order chi connectivity index (χ0) is 11.3. The summed E-state index contributed by atoms with van der Waals surface area (Å²) in [5, 5.41) is 8.41. The number of nitrogens with zero attached hydrogens (tertiary/aromatic N) is 2. The highest BCUT2D eigenvalue weighted by Crippen LogP contribution is 2.05. The molecule has 1 rings (SSSR count). The summed E-state index contributed by atoms with van der Waals surface area (Å²) in [6.45, 7) is 4.77. The average Bonchev–Trinajstić information content (AvgIpc) is 2.15. The SMILES string of the molecule is Cc1cc(=O)cc(C)n1CCCCC#N. The van der Waals surface area contributed by atoms with Crippen molar-refractivity contribution < 1.29 is 0 Å². The zero-order valence-corrected chi connectivity index (χ0v) is 9.29. The Labute approximate surface area is 90.0 Å². The lowest BCUT2D eigenvalue weighted by Gasteiger charge is -2.13. The van der Waals surface area contributed by atoms with Crippen LogP contribution >= 0.6 is 0 Å². The summed E-state index contributed by atoms with van der Waals surface area (Å²) in [5.74, 6) is 0. The van der Waals surface area contributed by atoms with Crippen LogP contribution in [-0.2, 0) is 6.54 Å². The molecular formula is C12H16N2O. The van der Waals surface area contributed by atoms with Crippen LogP contribution in [0.4, 0.5) is 0 Å². The molecule has 0 aromatic carbocycles. The van der Waals surface area contributed by atoms with E-state index < -0.39 is 0 Å². The molecule has 0 unspecified atom stereocenters. The van der Waals surface area contributed by atoms with Crippen LogP contribution in [0.3, 0.4) is 0 Å². The minimum Gasteiger partial charge on any atom is -0.349 e. The third-order valence-electron chi connectivity index (χ3n) is 2.47. The Kier molecular flexibility index (Phi) is 4.11. The van der Waals surface area contributed by atoms with Crippen LogP contribution in [0.25, 0.3) is 0 Å². The van der Waals surface area contributed by atoms with Gasteiger partial charge < -0.3 is 4.57 Å². The molecule has 1 aromatic rings. The fraction of sp³-hybridized carbons (Fsp3) is 0.500. The van der Waals surface area contributed by atoms with Gasteiger partial charge in [0, 0.05) is 36.5 Å². The minimum atomic E-state index is 0.0678. The van der Waals surface area contributed by atoms with Crippen molar-refractivity contribution in [3.63, 3.8) is 0 Å². The maximum absolute atomic E-state index is 11.2. The zero-order valence-electron chi connectivity index (χ0n) is 9.29. The summed E-state index contributed by atoms with van der Waals surface area (Å²) < 4.78 is 2.12. The Hall–Kier alpha value is -1.56. The molecule has 0 aliphatic heterocycles. The van der Waals surface area contributed by atoms with Gasteiger partial charge >= 0.3 is 0 Å². The molecule has 1 heterocycles. The largest absolute Gasteiger partial charge is 0.349 e. The van der Waals surface area contributed by atoms with E-state index >= 15 is 0 Å². The van der Waals surface area contributed by atoms with Gasteiger partial charge in [0.2, 0.25) is 0 Å². The lowest BCUT2D eigenvalue weighted by Crippen LogP contribution is -2.13. The summed E-state index contributed by atoms with van der Waals surface area (Å²) in [5.41, 5.74) is 2.06. The van der Waals surface area contributed by atoms with Gasteiger partial charge in [-0.15, -0.1) is 0 Å². The predicted octanol–water partition coefficient (Wildman–Crippen LogP) is 2.16. The molecule has 0 atom stereocenters. The number of hydrogen-bond donors (Lipinski definition) is 0. The van der Waals surface area contributed by atoms with E-state index in [1.807, 2.05) is 13.8 Å². The van der Waals surface area contributed by atoms with Gasteiger partial charge in [0.15, 0.2) is 5.43 Å². The van der Waals surface area contributed by atoms with E-state index in [2.05, 4.69) is 10.6 Å². The first-order valence-electron chi connectivity index (χ1n) is 5.20. The smallest absolute Gasteiger partial charge is 0.182 e. The predicted molar refractivity (Wildman–Crippen MR) is 59.6 cm³/mol. The van der Waals surface area contributed by atoms with Crippen LogP contribution in [0.2, 0.25) is 0 Å². The summed E-state index contributed by atoms with van der Waals surface area (Å²) >= 11 is 0. The Bertz CT molecular complexity index is 400. The molecule has 0 aliphatic rings. The molecule has 0 saturated heterocycles. The summed E-state index contributed by atoms with van der Waals surface area (Å²) in [6.07, 6.45) is 2.51. The van der Waals surface area contributed by atoms with Crippen molar-refractivity contribution in [3.05, 3.63) is 33.7 Å². The van der Waals surface area contributed by atoms with Crippen LogP contribution in [0.15, 0.2) is 16.9 Å². The lowest BCUT2D eigenvalue weighted by molar-refractivity contribution is 0.587. The fourth-order valence-electron chi connectivity index (χ4n) is 1.71. The van der Waals surface area contributed by atoms with E-state index in [9.17, 15) is 4.79 Å². The Morgan fingerprint density at radius 3 is 2.40 bits per heavy atom. The number of rotatable bonds is 4. The highest BCUT2D eigenvalue weighted by atomic mass is 16.1. The molecule has 0 bridgehead atoms. The van der Waals surface area contributed by atoms with Gasteiger partial charge in [-0.1, -0.05) is 0 Å². The number of unbranched alkanes of at least 4 members (excludes halogenated alkanes) is 2.